The Labute approximate surface area is 100 Å². The first-order valence-corrected chi connectivity index (χ1v) is 6.33. The Morgan fingerprint density at radius 1 is 1.25 bits per heavy atom. The molecule has 0 aliphatic rings. The Morgan fingerprint density at radius 2 is 2.00 bits per heavy atom. The summed E-state index contributed by atoms with van der Waals surface area (Å²) < 4.78 is 0. The monoisotopic (exact) mass is 232 g/mol. The van der Waals surface area contributed by atoms with Crippen molar-refractivity contribution in [2.75, 3.05) is 5.32 Å². The molecule has 16 heavy (non-hydrogen) atoms. The first kappa shape index (κ1) is 11.1. The van der Waals surface area contributed by atoms with Gasteiger partial charge in [-0.2, -0.15) is 0 Å². The molecule has 2 rings (SSSR count). The SMILES string of the molecule is CCc1cnc(NCc2ccc(C)cc2)s1. The van der Waals surface area contributed by atoms with Gasteiger partial charge in [0.05, 0.1) is 0 Å². The van der Waals surface area contributed by atoms with Crippen LogP contribution in [0, 0.1) is 6.92 Å². The van der Waals surface area contributed by atoms with Crippen LogP contribution in [0.15, 0.2) is 30.5 Å². The summed E-state index contributed by atoms with van der Waals surface area (Å²) in [5.74, 6) is 0. The predicted molar refractivity (Wildman–Crippen MR) is 70.0 cm³/mol. The zero-order chi connectivity index (χ0) is 11.4. The second kappa shape index (κ2) is 5.12. The highest BCUT2D eigenvalue weighted by Crippen LogP contribution is 2.19. The fourth-order valence-electron chi connectivity index (χ4n) is 1.44. The van der Waals surface area contributed by atoms with Gasteiger partial charge in [0.2, 0.25) is 0 Å². The number of nitrogens with zero attached hydrogens (tertiary/aromatic N) is 1. The third kappa shape index (κ3) is 2.83. The molecule has 2 aromatic rings. The maximum absolute atomic E-state index is 4.33. The van der Waals surface area contributed by atoms with Crippen LogP contribution in [0.25, 0.3) is 0 Å². The number of benzene rings is 1. The molecule has 0 spiro atoms. The zero-order valence-electron chi connectivity index (χ0n) is 9.66. The Bertz CT molecular complexity index is 445. The van der Waals surface area contributed by atoms with Crippen LogP contribution in [0.5, 0.6) is 0 Å². The lowest BCUT2D eigenvalue weighted by molar-refractivity contribution is 1.12. The molecule has 1 heterocycles. The van der Waals surface area contributed by atoms with Crippen LogP contribution in [-0.4, -0.2) is 4.98 Å². The number of hydrogen-bond donors (Lipinski definition) is 1. The average molecular weight is 232 g/mol. The average Bonchev–Trinajstić information content (AvgIpc) is 2.76. The lowest BCUT2D eigenvalue weighted by Gasteiger charge is -2.02. The van der Waals surface area contributed by atoms with Gasteiger partial charge in [-0.15, -0.1) is 11.3 Å². The van der Waals surface area contributed by atoms with Gasteiger partial charge < -0.3 is 5.32 Å². The molecule has 3 heteroatoms. The van der Waals surface area contributed by atoms with Gasteiger partial charge in [-0.3, -0.25) is 0 Å². The van der Waals surface area contributed by atoms with Gasteiger partial charge in [0, 0.05) is 17.6 Å². The van der Waals surface area contributed by atoms with Crippen molar-refractivity contribution in [3.05, 3.63) is 46.5 Å². The van der Waals surface area contributed by atoms with Crippen molar-refractivity contribution in [1.29, 1.82) is 0 Å². The zero-order valence-corrected chi connectivity index (χ0v) is 10.5. The fraction of sp³-hybridized carbons (Fsp3) is 0.308. The largest absolute Gasteiger partial charge is 0.357 e. The number of hydrogen-bond acceptors (Lipinski definition) is 3. The molecule has 1 aromatic heterocycles. The molecular weight excluding hydrogens is 216 g/mol. The van der Waals surface area contributed by atoms with Crippen molar-refractivity contribution in [2.24, 2.45) is 0 Å². The molecule has 0 amide bonds. The summed E-state index contributed by atoms with van der Waals surface area (Å²) in [6, 6.07) is 8.57. The number of thiazole rings is 1. The Hall–Kier alpha value is -1.35. The number of aryl methyl sites for hydroxylation is 2. The van der Waals surface area contributed by atoms with Crippen molar-refractivity contribution in [2.45, 2.75) is 26.8 Å². The van der Waals surface area contributed by atoms with Crippen molar-refractivity contribution in [1.82, 2.24) is 4.98 Å². The second-order valence-electron chi connectivity index (χ2n) is 3.82. The molecule has 0 unspecified atom stereocenters. The predicted octanol–water partition coefficient (Wildman–Crippen LogP) is 3.63. The molecule has 0 aliphatic heterocycles. The lowest BCUT2D eigenvalue weighted by Crippen LogP contribution is -1.98. The smallest absolute Gasteiger partial charge is 0.183 e. The minimum absolute atomic E-state index is 0.844. The number of aromatic nitrogens is 1. The third-order valence-electron chi connectivity index (χ3n) is 2.47. The van der Waals surface area contributed by atoms with E-state index in [4.69, 9.17) is 0 Å². The molecule has 1 aromatic carbocycles. The van der Waals surface area contributed by atoms with Crippen LogP contribution in [-0.2, 0) is 13.0 Å². The molecule has 1 N–H and O–H groups in total. The van der Waals surface area contributed by atoms with Crippen LogP contribution in [0.3, 0.4) is 0 Å². The van der Waals surface area contributed by atoms with Gasteiger partial charge in [-0.25, -0.2) is 4.98 Å². The molecule has 0 saturated heterocycles. The molecule has 0 fully saturated rings. The van der Waals surface area contributed by atoms with E-state index in [2.05, 4.69) is 48.4 Å². The Morgan fingerprint density at radius 3 is 2.62 bits per heavy atom. The molecule has 0 saturated carbocycles. The Kier molecular flexibility index (Phi) is 3.57. The molecule has 0 bridgehead atoms. The van der Waals surface area contributed by atoms with E-state index >= 15 is 0 Å². The van der Waals surface area contributed by atoms with Gasteiger partial charge >= 0.3 is 0 Å². The van der Waals surface area contributed by atoms with E-state index in [0.29, 0.717) is 0 Å². The topological polar surface area (TPSA) is 24.9 Å². The summed E-state index contributed by atoms with van der Waals surface area (Å²) >= 11 is 1.73. The van der Waals surface area contributed by atoms with E-state index in [9.17, 15) is 0 Å². The normalized spacial score (nSPS) is 10.4. The summed E-state index contributed by atoms with van der Waals surface area (Å²) in [5.41, 5.74) is 2.59. The van der Waals surface area contributed by atoms with Crippen LogP contribution >= 0.6 is 11.3 Å². The molecule has 0 aliphatic carbocycles. The van der Waals surface area contributed by atoms with Crippen molar-refractivity contribution in [3.63, 3.8) is 0 Å². The van der Waals surface area contributed by atoms with Crippen LogP contribution < -0.4 is 5.32 Å². The van der Waals surface area contributed by atoms with Gasteiger partial charge in [-0.1, -0.05) is 36.8 Å². The number of anilines is 1. The van der Waals surface area contributed by atoms with Crippen molar-refractivity contribution in [3.8, 4) is 0 Å². The van der Waals surface area contributed by atoms with E-state index < -0.39 is 0 Å². The second-order valence-corrected chi connectivity index (χ2v) is 4.94. The van der Waals surface area contributed by atoms with Crippen LogP contribution in [0.2, 0.25) is 0 Å². The van der Waals surface area contributed by atoms with Crippen LogP contribution in [0.1, 0.15) is 22.9 Å². The third-order valence-corrected chi connectivity index (χ3v) is 3.57. The maximum atomic E-state index is 4.33. The number of rotatable bonds is 4. The van der Waals surface area contributed by atoms with Gasteiger partial charge in [0.25, 0.3) is 0 Å². The summed E-state index contributed by atoms with van der Waals surface area (Å²) in [5, 5.41) is 4.35. The van der Waals surface area contributed by atoms with E-state index in [0.717, 1.165) is 18.1 Å². The summed E-state index contributed by atoms with van der Waals surface area (Å²) in [6.45, 7) is 5.10. The maximum Gasteiger partial charge on any atom is 0.183 e. The lowest BCUT2D eigenvalue weighted by atomic mass is 10.1. The molecule has 0 radical (unpaired) electrons. The van der Waals surface area contributed by atoms with E-state index in [1.165, 1.54) is 16.0 Å². The van der Waals surface area contributed by atoms with Gasteiger partial charge in [-0.05, 0) is 18.9 Å². The quantitative estimate of drug-likeness (QED) is 0.870. The first-order valence-electron chi connectivity index (χ1n) is 5.52. The number of nitrogens with one attached hydrogen (secondary N) is 1. The van der Waals surface area contributed by atoms with E-state index in [1.54, 1.807) is 11.3 Å². The summed E-state index contributed by atoms with van der Waals surface area (Å²) in [7, 11) is 0. The van der Waals surface area contributed by atoms with Crippen LogP contribution in [0.4, 0.5) is 5.13 Å². The first-order chi connectivity index (χ1) is 7.78. The fourth-order valence-corrected chi connectivity index (χ4v) is 2.18. The summed E-state index contributed by atoms with van der Waals surface area (Å²) in [4.78, 5) is 5.65. The van der Waals surface area contributed by atoms with Crippen molar-refractivity contribution < 1.29 is 0 Å². The summed E-state index contributed by atoms with van der Waals surface area (Å²) in [6.07, 6.45) is 3.01. The minimum Gasteiger partial charge on any atom is -0.357 e. The minimum atomic E-state index is 0.844. The van der Waals surface area contributed by atoms with E-state index in [1.807, 2.05) is 6.20 Å². The molecule has 0 atom stereocenters. The van der Waals surface area contributed by atoms with E-state index in [-0.39, 0.29) is 0 Å². The van der Waals surface area contributed by atoms with Gasteiger partial charge in [0.1, 0.15) is 0 Å². The highest BCUT2D eigenvalue weighted by Gasteiger charge is 1.99. The Balaban J connectivity index is 1.94. The standard InChI is InChI=1S/C13H16N2S/c1-3-12-9-15-13(16-12)14-8-11-6-4-10(2)5-7-11/h4-7,9H,3,8H2,1-2H3,(H,14,15). The van der Waals surface area contributed by atoms with Crippen molar-refractivity contribution >= 4 is 16.5 Å². The molecule has 2 nitrogen and oxygen atoms in total. The molecule has 84 valence electrons. The molecular formula is C13H16N2S. The highest BCUT2D eigenvalue weighted by molar-refractivity contribution is 7.15. The highest BCUT2D eigenvalue weighted by atomic mass is 32.1. The van der Waals surface area contributed by atoms with Gasteiger partial charge in [0.15, 0.2) is 5.13 Å².